The van der Waals surface area contributed by atoms with Gasteiger partial charge in [-0.25, -0.2) is 9.59 Å². The zero-order valence-corrected chi connectivity index (χ0v) is 26.9. The zero-order valence-electron chi connectivity index (χ0n) is 25.3. The van der Waals surface area contributed by atoms with Crippen LogP contribution in [-0.4, -0.2) is 84.4 Å². The second-order valence-electron chi connectivity index (χ2n) is 10.1. The maximum absolute atomic E-state index is 13.3. The highest BCUT2D eigenvalue weighted by atomic mass is 35.5. The summed E-state index contributed by atoms with van der Waals surface area (Å²) in [5, 5.41) is 19.7. The van der Waals surface area contributed by atoms with Gasteiger partial charge in [-0.15, -0.1) is 24.8 Å². The van der Waals surface area contributed by atoms with Crippen molar-refractivity contribution in [2.75, 3.05) is 13.1 Å². The number of nitrogens with one attached hydrogen (secondary N) is 4. The number of rotatable bonds is 19. The largest absolute Gasteiger partial charge is 0.480 e. The van der Waals surface area contributed by atoms with Gasteiger partial charge >= 0.3 is 12.0 Å². The van der Waals surface area contributed by atoms with Crippen LogP contribution in [0.25, 0.3) is 0 Å². The number of carboxylic acids is 1. The van der Waals surface area contributed by atoms with Crippen LogP contribution < -0.4 is 44.2 Å². The van der Waals surface area contributed by atoms with Crippen molar-refractivity contribution in [1.82, 2.24) is 21.3 Å². The van der Waals surface area contributed by atoms with Crippen molar-refractivity contribution >= 4 is 66.8 Å². The highest BCUT2D eigenvalue weighted by Gasteiger charge is 2.30. The maximum Gasteiger partial charge on any atom is 0.326 e. The summed E-state index contributed by atoms with van der Waals surface area (Å²) in [6, 6.07) is 3.51. The highest BCUT2D eigenvalue weighted by molar-refractivity contribution is 5.93. The van der Waals surface area contributed by atoms with E-state index in [1.54, 1.807) is 44.2 Å². The number of halogens is 2. The molecule has 1 aromatic carbocycles. The molecule has 254 valence electrons. The number of carbonyl (C=O) groups excluding carboxylic acids is 4. The van der Waals surface area contributed by atoms with Crippen LogP contribution in [0.2, 0.25) is 0 Å². The molecule has 4 amide bonds. The van der Waals surface area contributed by atoms with E-state index < -0.39 is 53.9 Å². The molecule has 0 spiro atoms. The Balaban J connectivity index is 0. The summed E-state index contributed by atoms with van der Waals surface area (Å²) < 4.78 is 0. The average Bonchev–Trinajstić information content (AvgIpc) is 2.94. The second kappa shape index (κ2) is 23.1. The molecule has 13 N–H and O–H groups in total. The fraction of sp³-hybridized carbons (Fsp3) is 0.519. The summed E-state index contributed by atoms with van der Waals surface area (Å²) in [6.07, 6.45) is 1.65. The van der Waals surface area contributed by atoms with Crippen molar-refractivity contribution in [1.29, 1.82) is 0 Å². The smallest absolute Gasteiger partial charge is 0.326 e. The number of hydrogen-bond acceptors (Lipinski definition) is 7. The van der Waals surface area contributed by atoms with Crippen molar-refractivity contribution in [3.8, 4) is 0 Å². The first kappa shape index (κ1) is 42.8. The number of nitrogens with zero attached hydrogens (tertiary/aromatic N) is 2. The van der Waals surface area contributed by atoms with Crippen LogP contribution in [0.3, 0.4) is 0 Å². The molecule has 0 aliphatic carbocycles. The van der Waals surface area contributed by atoms with Gasteiger partial charge in [-0.05, 0) is 37.2 Å². The van der Waals surface area contributed by atoms with E-state index in [0.29, 0.717) is 18.3 Å². The van der Waals surface area contributed by atoms with Crippen molar-refractivity contribution in [3.05, 3.63) is 35.9 Å². The number of urea groups is 1. The summed E-state index contributed by atoms with van der Waals surface area (Å²) >= 11 is 0. The van der Waals surface area contributed by atoms with Gasteiger partial charge in [-0.3, -0.25) is 19.6 Å². The van der Waals surface area contributed by atoms with E-state index in [0.717, 1.165) is 0 Å². The third kappa shape index (κ3) is 18.2. The van der Waals surface area contributed by atoms with Gasteiger partial charge < -0.3 is 54.1 Å². The van der Waals surface area contributed by atoms with E-state index in [1.807, 2.05) is 0 Å². The number of hydrogen-bond donors (Lipinski definition) is 9. The number of benzene rings is 1. The van der Waals surface area contributed by atoms with Crippen molar-refractivity contribution in [2.45, 2.75) is 70.1 Å². The van der Waals surface area contributed by atoms with Gasteiger partial charge in [0.2, 0.25) is 11.8 Å². The average molecular weight is 678 g/mol. The minimum Gasteiger partial charge on any atom is -0.480 e. The molecule has 16 nitrogen and oxygen atoms in total. The molecule has 0 radical (unpaired) electrons. The lowest BCUT2D eigenvalue weighted by Gasteiger charge is -2.27. The van der Waals surface area contributed by atoms with E-state index in [1.165, 1.54) is 0 Å². The Morgan fingerprint density at radius 3 is 1.82 bits per heavy atom. The summed E-state index contributed by atoms with van der Waals surface area (Å²) in [5.41, 5.74) is 22.0. The minimum absolute atomic E-state index is 0. The van der Waals surface area contributed by atoms with E-state index in [-0.39, 0.29) is 75.5 Å². The van der Waals surface area contributed by atoms with Gasteiger partial charge in [-0.1, -0.05) is 44.2 Å². The number of aldehydes is 1. The van der Waals surface area contributed by atoms with Crippen LogP contribution in [0.15, 0.2) is 40.3 Å². The van der Waals surface area contributed by atoms with E-state index in [2.05, 4.69) is 31.3 Å². The van der Waals surface area contributed by atoms with Gasteiger partial charge in [0.25, 0.3) is 0 Å². The third-order valence-electron chi connectivity index (χ3n) is 6.16. The summed E-state index contributed by atoms with van der Waals surface area (Å²) in [6.45, 7) is 3.84. The molecule has 0 aliphatic heterocycles. The van der Waals surface area contributed by atoms with Crippen LogP contribution in [0, 0.1) is 5.92 Å². The van der Waals surface area contributed by atoms with Crippen LogP contribution in [0.1, 0.15) is 45.1 Å². The third-order valence-corrected chi connectivity index (χ3v) is 6.16. The zero-order chi connectivity index (χ0) is 32.4. The van der Waals surface area contributed by atoms with Crippen molar-refractivity contribution < 1.29 is 29.1 Å². The Hall–Kier alpha value is -4.31. The monoisotopic (exact) mass is 676 g/mol. The molecule has 4 atom stereocenters. The number of amides is 4. The molecule has 0 aliphatic rings. The first-order chi connectivity index (χ1) is 20.3. The Bertz CT molecular complexity index is 1130. The van der Waals surface area contributed by atoms with Crippen LogP contribution in [0.4, 0.5) is 4.79 Å². The van der Waals surface area contributed by atoms with Gasteiger partial charge in [-0.2, -0.15) is 0 Å². The fourth-order valence-corrected chi connectivity index (χ4v) is 3.94. The number of aliphatic carboxylic acids is 1. The number of aliphatic imine (C=N–C) groups is 2. The summed E-state index contributed by atoms with van der Waals surface area (Å²) in [5.74, 6) is -3.17. The van der Waals surface area contributed by atoms with Crippen LogP contribution in [-0.2, 0) is 25.6 Å². The Morgan fingerprint density at radius 1 is 0.800 bits per heavy atom. The highest BCUT2D eigenvalue weighted by Crippen LogP contribution is 2.08. The Morgan fingerprint density at radius 2 is 1.33 bits per heavy atom. The van der Waals surface area contributed by atoms with E-state index in [4.69, 9.17) is 22.9 Å². The van der Waals surface area contributed by atoms with Gasteiger partial charge in [0.15, 0.2) is 11.9 Å². The molecule has 0 aromatic heterocycles. The molecular weight excluding hydrogens is 631 g/mol. The molecule has 1 aromatic rings. The molecular formula is C27H46Cl2N10O6. The predicted molar refractivity (Wildman–Crippen MR) is 176 cm³/mol. The quantitative estimate of drug-likeness (QED) is 0.0377. The normalized spacial score (nSPS) is 12.8. The fourth-order valence-electron chi connectivity index (χ4n) is 3.94. The Labute approximate surface area is 274 Å². The SMILES string of the molecule is CC(C)C(NC(=O)C(CCCN=C(N)N)NC(=O)NC(Cc1ccccc1)C(=O)O)C(=O)NC(C=O)CCCN=C(N)N.Cl.Cl. The lowest BCUT2D eigenvalue weighted by molar-refractivity contribution is -0.139. The lowest BCUT2D eigenvalue weighted by Crippen LogP contribution is -2.58. The predicted octanol–water partition coefficient (Wildman–Crippen LogP) is -0.875. The first-order valence-corrected chi connectivity index (χ1v) is 13.8. The number of guanidine groups is 2. The minimum atomic E-state index is -1.27. The molecule has 0 heterocycles. The van der Waals surface area contributed by atoms with Crippen LogP contribution in [0.5, 0.6) is 0 Å². The van der Waals surface area contributed by atoms with Gasteiger partial charge in [0.1, 0.15) is 24.4 Å². The van der Waals surface area contributed by atoms with Crippen LogP contribution >= 0.6 is 24.8 Å². The van der Waals surface area contributed by atoms with Gasteiger partial charge in [0.05, 0.1) is 6.04 Å². The topological polar surface area (TPSA) is 282 Å². The molecule has 1 rings (SSSR count). The summed E-state index contributed by atoms with van der Waals surface area (Å²) in [4.78, 5) is 70.3. The number of carbonyl (C=O) groups is 5. The molecule has 0 bridgehead atoms. The molecule has 0 saturated heterocycles. The molecule has 4 unspecified atom stereocenters. The van der Waals surface area contributed by atoms with Gasteiger partial charge in [0, 0.05) is 19.5 Å². The summed E-state index contributed by atoms with van der Waals surface area (Å²) in [7, 11) is 0. The van der Waals surface area contributed by atoms with E-state index >= 15 is 0 Å². The molecule has 45 heavy (non-hydrogen) atoms. The number of nitrogens with two attached hydrogens (primary N) is 4. The van der Waals surface area contributed by atoms with E-state index in [9.17, 15) is 29.1 Å². The lowest BCUT2D eigenvalue weighted by atomic mass is 10.0. The second-order valence-corrected chi connectivity index (χ2v) is 10.1. The Kier molecular flexibility index (Phi) is 22.0. The number of carboxylic acid groups (broad SMARTS) is 1. The first-order valence-electron chi connectivity index (χ1n) is 13.8. The van der Waals surface area contributed by atoms with Crippen molar-refractivity contribution in [2.24, 2.45) is 38.8 Å². The van der Waals surface area contributed by atoms with Crippen molar-refractivity contribution in [3.63, 3.8) is 0 Å². The molecule has 0 saturated carbocycles. The molecule has 0 fully saturated rings. The maximum atomic E-state index is 13.3. The standard InChI is InChI=1S/C27H44N10O6.2ClH/c1-16(2)21(23(40)34-18(15-38)10-6-12-32-25(28)29)37-22(39)19(11-7-13-33-26(30)31)35-27(43)36-20(24(41)42)14-17-8-4-3-5-9-17;;/h3-5,8-9,15-16,18-21H,6-7,10-14H2,1-2H3,(H,34,40)(H,37,39)(H,41,42)(H4,28,29,32)(H4,30,31,33)(H2,35,36,43);2*1H. The molecule has 18 heteroatoms.